The molecule has 6 heteroatoms. The van der Waals surface area contributed by atoms with Crippen LogP contribution in [0.1, 0.15) is 71.6 Å². The first-order valence-corrected chi connectivity index (χ1v) is 11.0. The summed E-state index contributed by atoms with van der Waals surface area (Å²) in [7, 11) is 0. The predicted octanol–water partition coefficient (Wildman–Crippen LogP) is 2.18. The number of nitrogens with zero attached hydrogens (tertiary/aromatic N) is 1. The van der Waals surface area contributed by atoms with Crippen LogP contribution in [0.5, 0.6) is 0 Å². The van der Waals surface area contributed by atoms with Crippen LogP contribution in [0.15, 0.2) is 0 Å². The minimum Gasteiger partial charge on any atom is -0.358 e. The number of fused-ring (bicyclic) bond motifs is 3. The molecule has 2 N–H and O–H groups in total. The summed E-state index contributed by atoms with van der Waals surface area (Å²) in [6.45, 7) is 4.53. The Morgan fingerprint density at radius 2 is 1.78 bits per heavy atom. The smallest absolute Gasteiger partial charge is 0.225 e. The summed E-state index contributed by atoms with van der Waals surface area (Å²) in [6, 6.07) is 0.983. The summed E-state index contributed by atoms with van der Waals surface area (Å²) in [5.41, 5.74) is 0. The second-order valence-electron chi connectivity index (χ2n) is 9.10. The van der Waals surface area contributed by atoms with Gasteiger partial charge in [-0.3, -0.25) is 14.9 Å². The van der Waals surface area contributed by atoms with E-state index in [1.54, 1.807) is 6.92 Å². The molecule has 2 amide bonds. The first-order valence-electron chi connectivity index (χ1n) is 11.0. The molecule has 2 saturated heterocycles. The predicted molar refractivity (Wildman–Crippen MR) is 103 cm³/mol. The maximum atomic E-state index is 13.5. The number of amides is 2. The van der Waals surface area contributed by atoms with Gasteiger partial charge >= 0.3 is 0 Å². The van der Waals surface area contributed by atoms with E-state index in [4.69, 9.17) is 4.74 Å². The molecule has 0 aromatic rings. The lowest BCUT2D eigenvalue weighted by Gasteiger charge is -2.42. The van der Waals surface area contributed by atoms with Crippen molar-refractivity contribution in [3.63, 3.8) is 0 Å². The zero-order valence-electron chi connectivity index (χ0n) is 16.8. The number of carbonyl (C=O) groups is 2. The standard InChI is InChI=1S/C21H35N3O3/c1-13(25)22-16-9-7-15(8-10-16)21(26)24-12-11-18-20(27-14(2)23-18)17-5-3-4-6-19(17)24/h14-20,23H,3-12H2,1-2H3,(H,22,25). The highest BCUT2D eigenvalue weighted by atomic mass is 16.5. The molecule has 152 valence electrons. The average Bonchev–Trinajstić information content (AvgIpc) is 2.95. The van der Waals surface area contributed by atoms with Gasteiger partial charge in [0.05, 0.1) is 6.10 Å². The Morgan fingerprint density at radius 1 is 1.04 bits per heavy atom. The van der Waals surface area contributed by atoms with E-state index in [1.165, 1.54) is 19.3 Å². The fraction of sp³-hybridized carbons (Fsp3) is 0.905. The molecule has 2 heterocycles. The highest BCUT2D eigenvalue weighted by molar-refractivity contribution is 5.79. The van der Waals surface area contributed by atoms with Crippen LogP contribution in [0.2, 0.25) is 0 Å². The Labute approximate surface area is 162 Å². The second kappa shape index (κ2) is 8.08. The molecule has 4 fully saturated rings. The Balaban J connectivity index is 1.43. The SMILES string of the molecule is CC(=O)NC1CCC(C(=O)N2CCC3NC(C)OC3C3CCCCC32)CC1. The van der Waals surface area contributed by atoms with Gasteiger partial charge < -0.3 is 15.0 Å². The zero-order valence-corrected chi connectivity index (χ0v) is 16.8. The van der Waals surface area contributed by atoms with Crippen molar-refractivity contribution >= 4 is 11.8 Å². The highest BCUT2D eigenvalue weighted by Crippen LogP contribution is 2.40. The third-order valence-electron chi connectivity index (χ3n) is 7.26. The summed E-state index contributed by atoms with van der Waals surface area (Å²) in [6.07, 6.45) is 9.82. The van der Waals surface area contributed by atoms with Gasteiger partial charge in [0.15, 0.2) is 0 Å². The van der Waals surface area contributed by atoms with Crippen LogP contribution in [-0.2, 0) is 14.3 Å². The van der Waals surface area contributed by atoms with Crippen molar-refractivity contribution in [1.29, 1.82) is 0 Å². The first kappa shape index (κ1) is 19.2. The van der Waals surface area contributed by atoms with E-state index >= 15 is 0 Å². The van der Waals surface area contributed by atoms with E-state index in [9.17, 15) is 9.59 Å². The molecule has 0 radical (unpaired) electrons. The number of carbonyl (C=O) groups excluding carboxylic acids is 2. The molecule has 0 spiro atoms. The number of hydrogen-bond donors (Lipinski definition) is 2. The van der Waals surface area contributed by atoms with E-state index in [0.29, 0.717) is 23.9 Å². The largest absolute Gasteiger partial charge is 0.358 e. The second-order valence-corrected chi connectivity index (χ2v) is 9.10. The molecule has 0 aromatic heterocycles. The minimum atomic E-state index is 0.0376. The number of likely N-dealkylation sites (tertiary alicyclic amines) is 1. The van der Waals surface area contributed by atoms with E-state index in [-0.39, 0.29) is 30.2 Å². The molecule has 2 saturated carbocycles. The van der Waals surface area contributed by atoms with E-state index in [1.807, 2.05) is 0 Å². The molecular formula is C21H35N3O3. The molecule has 0 aromatic carbocycles. The number of rotatable bonds is 2. The third kappa shape index (κ3) is 4.02. The number of hydrogen-bond acceptors (Lipinski definition) is 4. The molecule has 0 bridgehead atoms. The van der Waals surface area contributed by atoms with Gasteiger partial charge in [-0.05, 0) is 51.9 Å². The van der Waals surface area contributed by atoms with Gasteiger partial charge in [-0.15, -0.1) is 0 Å². The molecule has 4 rings (SSSR count). The molecule has 5 unspecified atom stereocenters. The molecule has 4 aliphatic rings. The molecule has 2 aliphatic carbocycles. The third-order valence-corrected chi connectivity index (χ3v) is 7.26. The summed E-state index contributed by atoms with van der Waals surface area (Å²) < 4.78 is 6.25. The van der Waals surface area contributed by atoms with E-state index in [2.05, 4.69) is 22.5 Å². The van der Waals surface area contributed by atoms with Crippen LogP contribution in [0.3, 0.4) is 0 Å². The summed E-state index contributed by atoms with van der Waals surface area (Å²) in [5.74, 6) is 1.00. The first-order chi connectivity index (χ1) is 13.0. The van der Waals surface area contributed by atoms with Gasteiger partial charge in [-0.2, -0.15) is 0 Å². The average molecular weight is 378 g/mol. The topological polar surface area (TPSA) is 70.7 Å². The van der Waals surface area contributed by atoms with Crippen LogP contribution in [0.4, 0.5) is 0 Å². The fourth-order valence-electron chi connectivity index (χ4n) is 6.05. The Bertz CT molecular complexity index is 561. The summed E-state index contributed by atoms with van der Waals surface area (Å²) in [4.78, 5) is 27.0. The van der Waals surface area contributed by atoms with Crippen molar-refractivity contribution in [3.05, 3.63) is 0 Å². The van der Waals surface area contributed by atoms with Crippen molar-refractivity contribution < 1.29 is 14.3 Å². The van der Waals surface area contributed by atoms with Crippen molar-refractivity contribution in [2.45, 2.75) is 102 Å². The van der Waals surface area contributed by atoms with Gasteiger partial charge in [0.25, 0.3) is 0 Å². The monoisotopic (exact) mass is 377 g/mol. The zero-order chi connectivity index (χ0) is 19.0. The Morgan fingerprint density at radius 3 is 2.52 bits per heavy atom. The van der Waals surface area contributed by atoms with Gasteiger partial charge in [-0.25, -0.2) is 0 Å². The summed E-state index contributed by atoms with van der Waals surface area (Å²) >= 11 is 0. The maximum Gasteiger partial charge on any atom is 0.225 e. The Kier molecular flexibility index (Phi) is 5.74. The van der Waals surface area contributed by atoms with Gasteiger partial charge in [0.1, 0.15) is 6.23 Å². The lowest BCUT2D eigenvalue weighted by molar-refractivity contribution is -0.142. The van der Waals surface area contributed by atoms with Gasteiger partial charge in [0.2, 0.25) is 11.8 Å². The molecular weight excluding hydrogens is 342 g/mol. The van der Waals surface area contributed by atoms with Gasteiger partial charge in [-0.1, -0.05) is 12.8 Å². The quantitative estimate of drug-likeness (QED) is 0.774. The van der Waals surface area contributed by atoms with E-state index in [0.717, 1.165) is 45.1 Å². The maximum absolute atomic E-state index is 13.5. The minimum absolute atomic E-state index is 0.0376. The number of ether oxygens (including phenoxy) is 1. The molecule has 5 atom stereocenters. The van der Waals surface area contributed by atoms with Crippen LogP contribution in [0, 0.1) is 11.8 Å². The highest BCUT2D eigenvalue weighted by Gasteiger charge is 2.48. The van der Waals surface area contributed by atoms with Crippen molar-refractivity contribution in [2.75, 3.05) is 6.54 Å². The van der Waals surface area contributed by atoms with Gasteiger partial charge in [0, 0.05) is 43.4 Å². The summed E-state index contributed by atoms with van der Waals surface area (Å²) in [5, 5.41) is 6.61. The molecule has 2 aliphatic heterocycles. The Hall–Kier alpha value is -1.14. The van der Waals surface area contributed by atoms with Crippen molar-refractivity contribution in [2.24, 2.45) is 11.8 Å². The van der Waals surface area contributed by atoms with Crippen molar-refractivity contribution in [1.82, 2.24) is 15.5 Å². The normalized spacial score (nSPS) is 42.0. The van der Waals surface area contributed by atoms with E-state index < -0.39 is 0 Å². The number of nitrogens with one attached hydrogen (secondary N) is 2. The van der Waals surface area contributed by atoms with Crippen LogP contribution in [0.25, 0.3) is 0 Å². The van der Waals surface area contributed by atoms with Crippen LogP contribution < -0.4 is 10.6 Å². The molecule has 6 nitrogen and oxygen atoms in total. The lowest BCUT2D eigenvalue weighted by atomic mass is 9.78. The fourth-order valence-corrected chi connectivity index (χ4v) is 6.05. The lowest BCUT2D eigenvalue weighted by Crippen LogP contribution is -2.51. The molecule has 27 heavy (non-hydrogen) atoms. The van der Waals surface area contributed by atoms with Crippen molar-refractivity contribution in [3.8, 4) is 0 Å². The van der Waals surface area contributed by atoms with Crippen LogP contribution in [-0.4, -0.2) is 53.7 Å². The van der Waals surface area contributed by atoms with Crippen LogP contribution >= 0.6 is 0 Å².